The van der Waals surface area contributed by atoms with E-state index in [1.807, 2.05) is 0 Å². The Labute approximate surface area is 71.0 Å². The van der Waals surface area contributed by atoms with Crippen molar-refractivity contribution in [2.45, 2.75) is 0 Å². The Kier molecular flexibility index (Phi) is 4.54. The molecule has 5 heteroatoms. The quantitative estimate of drug-likeness (QED) is 0.615. The minimum atomic E-state index is -3.07. The summed E-state index contributed by atoms with van der Waals surface area (Å²) in [6.45, 7) is 0. The normalized spacial score (nSPS) is 13.6. The van der Waals surface area contributed by atoms with Crippen LogP contribution in [0.5, 0.6) is 0 Å². The fourth-order valence-corrected chi connectivity index (χ4v) is 2.78. The molecule has 0 saturated carbocycles. The molecular formula is C4H6O2SSe2. The molecule has 0 unspecified atom stereocenters. The van der Waals surface area contributed by atoms with Crippen molar-refractivity contribution in [2.75, 3.05) is 0 Å². The first-order chi connectivity index (χ1) is 4.12. The predicted octanol–water partition coefficient (Wildman–Crippen LogP) is -0.855. The molecule has 0 aromatic carbocycles. The molecule has 0 aliphatic heterocycles. The van der Waals surface area contributed by atoms with Gasteiger partial charge in [0.2, 0.25) is 0 Å². The van der Waals surface area contributed by atoms with E-state index in [0.29, 0.717) is 0 Å². The predicted molar refractivity (Wildman–Crippen MR) is 41.5 cm³/mol. The van der Waals surface area contributed by atoms with E-state index in [9.17, 15) is 8.42 Å². The average molecular weight is 276 g/mol. The van der Waals surface area contributed by atoms with Crippen LogP contribution < -0.4 is 0 Å². The molecule has 0 saturated heterocycles. The first-order valence-corrected chi connectivity index (χ1v) is 5.76. The van der Waals surface area contributed by atoms with E-state index in [0.717, 1.165) is 10.8 Å². The summed E-state index contributed by atoms with van der Waals surface area (Å²) in [5.74, 6) is 0. The zero-order valence-electron chi connectivity index (χ0n) is 4.43. The van der Waals surface area contributed by atoms with Crippen LogP contribution in [-0.2, 0) is 9.84 Å². The van der Waals surface area contributed by atoms with E-state index in [4.69, 9.17) is 0 Å². The topological polar surface area (TPSA) is 34.1 Å². The van der Waals surface area contributed by atoms with E-state index in [2.05, 4.69) is 32.0 Å². The van der Waals surface area contributed by atoms with Crippen molar-refractivity contribution in [2.24, 2.45) is 0 Å². The molecule has 0 atom stereocenters. The third kappa shape index (κ3) is 4.94. The Hall–Kier alpha value is 0.469. The summed E-state index contributed by atoms with van der Waals surface area (Å²) in [5, 5.41) is 2.24. The fraction of sp³-hybridized carbons (Fsp3) is 0. The maximum atomic E-state index is 10.6. The second-order valence-corrected chi connectivity index (χ2v) is 4.13. The van der Waals surface area contributed by atoms with Crippen molar-refractivity contribution >= 4 is 41.9 Å². The van der Waals surface area contributed by atoms with Gasteiger partial charge in [-0.3, -0.25) is 0 Å². The summed E-state index contributed by atoms with van der Waals surface area (Å²) in [4.78, 5) is 2.85. The van der Waals surface area contributed by atoms with Gasteiger partial charge in [0, 0.05) is 0 Å². The van der Waals surface area contributed by atoms with Gasteiger partial charge in [-0.05, 0) is 0 Å². The van der Waals surface area contributed by atoms with Crippen LogP contribution in [0.4, 0.5) is 0 Å². The molecular weight excluding hydrogens is 270 g/mol. The zero-order valence-corrected chi connectivity index (χ0v) is 9.00. The SMILES string of the molecule is O=S(=O)(/C=C/[SeH])/C=C/[SeH]. The van der Waals surface area contributed by atoms with E-state index < -0.39 is 9.84 Å². The van der Waals surface area contributed by atoms with Gasteiger partial charge in [0.25, 0.3) is 0 Å². The van der Waals surface area contributed by atoms with Crippen molar-refractivity contribution in [1.82, 2.24) is 0 Å². The van der Waals surface area contributed by atoms with E-state index in [1.165, 1.54) is 9.95 Å². The fourth-order valence-electron chi connectivity index (χ4n) is 0.215. The van der Waals surface area contributed by atoms with Crippen molar-refractivity contribution in [3.8, 4) is 0 Å². The minimum absolute atomic E-state index is 1.12. The summed E-state index contributed by atoms with van der Waals surface area (Å²) in [6.07, 6.45) is 0. The monoisotopic (exact) mass is 278 g/mol. The van der Waals surface area contributed by atoms with Crippen molar-refractivity contribution in [3.63, 3.8) is 0 Å². The molecule has 52 valence electrons. The molecule has 0 heterocycles. The van der Waals surface area contributed by atoms with Crippen LogP contribution in [0.1, 0.15) is 0 Å². The molecule has 0 aliphatic carbocycles. The van der Waals surface area contributed by atoms with Gasteiger partial charge in [-0.15, -0.1) is 0 Å². The molecule has 0 radical (unpaired) electrons. The Bertz CT molecular complexity index is 197. The third-order valence-corrected chi connectivity index (χ3v) is 3.04. The van der Waals surface area contributed by atoms with Crippen LogP contribution in [0.3, 0.4) is 0 Å². The Morgan fingerprint density at radius 3 is 1.56 bits per heavy atom. The summed E-state index contributed by atoms with van der Waals surface area (Å²) >= 11 is 4.12. The summed E-state index contributed by atoms with van der Waals surface area (Å²) in [6, 6.07) is 0. The summed E-state index contributed by atoms with van der Waals surface area (Å²) in [5.41, 5.74) is 0. The van der Waals surface area contributed by atoms with Gasteiger partial charge < -0.3 is 0 Å². The molecule has 2 nitrogen and oxygen atoms in total. The van der Waals surface area contributed by atoms with Crippen LogP contribution in [0.15, 0.2) is 20.8 Å². The van der Waals surface area contributed by atoms with Gasteiger partial charge in [-0.1, -0.05) is 0 Å². The van der Waals surface area contributed by atoms with Crippen molar-refractivity contribution < 1.29 is 8.42 Å². The molecule has 0 N–H and O–H groups in total. The molecule has 0 fully saturated rings. The standard InChI is InChI=1S/C4H6O2SSe2/c5-7(6,1-3-8)2-4-9/h1-4,8-9H/b3-1+,4-2+. The molecule has 0 spiro atoms. The van der Waals surface area contributed by atoms with Crippen molar-refractivity contribution in [3.05, 3.63) is 20.8 Å². The van der Waals surface area contributed by atoms with Crippen LogP contribution in [0.2, 0.25) is 0 Å². The number of hydrogen-bond donors (Lipinski definition) is 0. The first-order valence-electron chi connectivity index (χ1n) is 1.99. The molecule has 0 amide bonds. The molecule has 0 aliphatic rings. The molecule has 0 aromatic rings. The molecule has 0 rings (SSSR count). The third-order valence-electron chi connectivity index (χ3n) is 0.501. The summed E-state index contributed by atoms with van der Waals surface area (Å²) in [7, 11) is -3.07. The van der Waals surface area contributed by atoms with Gasteiger partial charge in [0.1, 0.15) is 0 Å². The Morgan fingerprint density at radius 1 is 1.00 bits per heavy atom. The Balaban J connectivity index is 4.42. The average Bonchev–Trinajstić information content (AvgIpc) is 1.64. The van der Waals surface area contributed by atoms with Gasteiger partial charge >= 0.3 is 71.0 Å². The van der Waals surface area contributed by atoms with Gasteiger partial charge in [-0.2, -0.15) is 0 Å². The van der Waals surface area contributed by atoms with Gasteiger partial charge in [0.15, 0.2) is 0 Å². The van der Waals surface area contributed by atoms with Gasteiger partial charge in [0.05, 0.1) is 0 Å². The van der Waals surface area contributed by atoms with E-state index in [1.54, 1.807) is 0 Å². The molecule has 0 bridgehead atoms. The number of hydrogen-bond acceptors (Lipinski definition) is 2. The van der Waals surface area contributed by atoms with Crippen LogP contribution in [0.25, 0.3) is 0 Å². The van der Waals surface area contributed by atoms with E-state index in [-0.39, 0.29) is 0 Å². The number of sulfone groups is 1. The second kappa shape index (κ2) is 4.31. The second-order valence-electron chi connectivity index (χ2n) is 1.16. The first kappa shape index (κ1) is 9.47. The van der Waals surface area contributed by atoms with Gasteiger partial charge in [-0.25, -0.2) is 0 Å². The molecule has 9 heavy (non-hydrogen) atoms. The summed E-state index contributed by atoms with van der Waals surface area (Å²) < 4.78 is 21.3. The van der Waals surface area contributed by atoms with Crippen LogP contribution in [-0.4, -0.2) is 40.4 Å². The van der Waals surface area contributed by atoms with E-state index >= 15 is 0 Å². The maximum absolute atomic E-state index is 10.6. The molecule has 0 aromatic heterocycles. The zero-order chi connectivity index (χ0) is 7.33. The van der Waals surface area contributed by atoms with Crippen LogP contribution in [0, 0.1) is 0 Å². The van der Waals surface area contributed by atoms with Crippen LogP contribution >= 0.6 is 0 Å². The van der Waals surface area contributed by atoms with Crippen molar-refractivity contribution in [1.29, 1.82) is 0 Å². The number of rotatable bonds is 2. The Morgan fingerprint density at radius 2 is 1.33 bits per heavy atom.